The summed E-state index contributed by atoms with van der Waals surface area (Å²) < 4.78 is 0. The van der Waals surface area contributed by atoms with Gasteiger partial charge >= 0.3 is 0 Å². The number of alkyl halides is 1. The van der Waals surface area contributed by atoms with Crippen LogP contribution in [0.3, 0.4) is 0 Å². The summed E-state index contributed by atoms with van der Waals surface area (Å²) in [6.07, 6.45) is 0.976. The first kappa shape index (κ1) is 11.4. The van der Waals surface area contributed by atoms with Gasteiger partial charge in [0.15, 0.2) is 5.13 Å². The van der Waals surface area contributed by atoms with Crippen LogP contribution < -0.4 is 5.32 Å². The zero-order valence-electron chi connectivity index (χ0n) is 9.03. The molecule has 4 heteroatoms. The Balaban J connectivity index is 2.08. The molecule has 1 aromatic heterocycles. The second-order valence-electron chi connectivity index (χ2n) is 3.45. The van der Waals surface area contributed by atoms with Crippen LogP contribution in [0.1, 0.15) is 18.2 Å². The molecule has 0 amide bonds. The van der Waals surface area contributed by atoms with Crippen LogP contribution in [-0.2, 0) is 12.3 Å². The number of hydrogen-bond acceptors (Lipinski definition) is 3. The van der Waals surface area contributed by atoms with Gasteiger partial charge in [-0.2, -0.15) is 0 Å². The summed E-state index contributed by atoms with van der Waals surface area (Å²) in [5.74, 6) is 0.553. The minimum atomic E-state index is 0.553. The molecule has 2 nitrogen and oxygen atoms in total. The van der Waals surface area contributed by atoms with Crippen molar-refractivity contribution in [2.45, 2.75) is 19.2 Å². The molecule has 0 atom stereocenters. The zero-order chi connectivity index (χ0) is 11.4. The predicted octanol–water partition coefficient (Wildman–Crippen LogP) is 4.19. The van der Waals surface area contributed by atoms with Crippen molar-refractivity contribution in [3.05, 3.63) is 40.9 Å². The molecule has 2 rings (SSSR count). The SMILES string of the molecule is CCc1csc(Nc2ccc(CCl)cc2)n1. The number of aryl methyl sites for hydroxylation is 1. The molecule has 2 aromatic rings. The van der Waals surface area contributed by atoms with Gasteiger partial charge in [-0.3, -0.25) is 0 Å². The highest BCUT2D eigenvalue weighted by atomic mass is 35.5. The maximum Gasteiger partial charge on any atom is 0.187 e. The monoisotopic (exact) mass is 252 g/mol. The third-order valence-corrected chi connectivity index (χ3v) is 3.39. The molecule has 0 aliphatic carbocycles. The number of halogens is 1. The first-order valence-electron chi connectivity index (χ1n) is 5.18. The van der Waals surface area contributed by atoms with Gasteiger partial charge in [-0.25, -0.2) is 4.98 Å². The highest BCUT2D eigenvalue weighted by molar-refractivity contribution is 7.13. The number of nitrogens with zero attached hydrogens (tertiary/aromatic N) is 1. The number of thiazole rings is 1. The second-order valence-corrected chi connectivity index (χ2v) is 4.58. The average molecular weight is 253 g/mol. The third-order valence-electron chi connectivity index (χ3n) is 2.27. The van der Waals surface area contributed by atoms with Gasteiger partial charge in [-0.15, -0.1) is 22.9 Å². The first-order valence-corrected chi connectivity index (χ1v) is 6.59. The molecular weight excluding hydrogens is 240 g/mol. The highest BCUT2D eigenvalue weighted by Gasteiger charge is 2.00. The molecule has 1 N–H and O–H groups in total. The fraction of sp³-hybridized carbons (Fsp3) is 0.250. The fourth-order valence-electron chi connectivity index (χ4n) is 1.33. The van der Waals surface area contributed by atoms with Crippen LogP contribution in [-0.4, -0.2) is 4.98 Å². The summed E-state index contributed by atoms with van der Waals surface area (Å²) >= 11 is 7.36. The Kier molecular flexibility index (Phi) is 3.80. The van der Waals surface area contributed by atoms with Gasteiger partial charge in [0.1, 0.15) is 0 Å². The van der Waals surface area contributed by atoms with E-state index < -0.39 is 0 Å². The normalized spacial score (nSPS) is 10.4. The van der Waals surface area contributed by atoms with Crippen LogP contribution in [0.2, 0.25) is 0 Å². The minimum absolute atomic E-state index is 0.553. The van der Waals surface area contributed by atoms with E-state index in [9.17, 15) is 0 Å². The molecule has 84 valence electrons. The summed E-state index contributed by atoms with van der Waals surface area (Å²) in [4.78, 5) is 4.45. The van der Waals surface area contributed by atoms with Gasteiger partial charge in [0.2, 0.25) is 0 Å². The standard InChI is InChI=1S/C12H13ClN2S/c1-2-10-8-16-12(14-10)15-11-5-3-9(7-13)4-6-11/h3-6,8H,2,7H2,1H3,(H,14,15). The molecule has 0 saturated heterocycles. The quantitative estimate of drug-likeness (QED) is 0.826. The van der Waals surface area contributed by atoms with Crippen molar-refractivity contribution < 1.29 is 0 Å². The number of rotatable bonds is 4. The van der Waals surface area contributed by atoms with E-state index in [0.717, 1.165) is 28.5 Å². The molecule has 0 spiro atoms. The third kappa shape index (κ3) is 2.74. The molecule has 1 aromatic carbocycles. The maximum absolute atomic E-state index is 5.73. The Bertz CT molecular complexity index is 450. The molecule has 0 unspecified atom stereocenters. The van der Waals surface area contributed by atoms with Crippen molar-refractivity contribution in [3.63, 3.8) is 0 Å². The van der Waals surface area contributed by atoms with Crippen molar-refractivity contribution in [2.75, 3.05) is 5.32 Å². The lowest BCUT2D eigenvalue weighted by atomic mass is 10.2. The van der Waals surface area contributed by atoms with Gasteiger partial charge < -0.3 is 5.32 Å². The van der Waals surface area contributed by atoms with E-state index in [1.807, 2.05) is 24.3 Å². The van der Waals surface area contributed by atoms with Crippen molar-refractivity contribution in [2.24, 2.45) is 0 Å². The van der Waals surface area contributed by atoms with Gasteiger partial charge in [-0.05, 0) is 24.1 Å². The van der Waals surface area contributed by atoms with E-state index in [2.05, 4.69) is 22.6 Å². The van der Waals surface area contributed by atoms with Gasteiger partial charge in [0.05, 0.1) is 5.69 Å². The van der Waals surface area contributed by atoms with Gasteiger partial charge in [-0.1, -0.05) is 19.1 Å². The largest absolute Gasteiger partial charge is 0.332 e. The number of hydrogen-bond donors (Lipinski definition) is 1. The Labute approximate surface area is 104 Å². The zero-order valence-corrected chi connectivity index (χ0v) is 10.6. The van der Waals surface area contributed by atoms with E-state index in [-0.39, 0.29) is 0 Å². The van der Waals surface area contributed by atoms with E-state index in [1.54, 1.807) is 11.3 Å². The lowest BCUT2D eigenvalue weighted by molar-refractivity contribution is 1.06. The van der Waals surface area contributed by atoms with E-state index >= 15 is 0 Å². The van der Waals surface area contributed by atoms with E-state index in [4.69, 9.17) is 11.6 Å². The summed E-state index contributed by atoms with van der Waals surface area (Å²) in [6.45, 7) is 2.11. The van der Waals surface area contributed by atoms with Crippen LogP contribution in [0.15, 0.2) is 29.6 Å². The summed E-state index contributed by atoms with van der Waals surface area (Å²) in [6, 6.07) is 8.07. The van der Waals surface area contributed by atoms with Crippen molar-refractivity contribution >= 4 is 33.8 Å². The Morgan fingerprint density at radius 3 is 2.62 bits per heavy atom. The predicted molar refractivity (Wildman–Crippen MR) is 70.8 cm³/mol. The van der Waals surface area contributed by atoms with Crippen molar-refractivity contribution in [1.82, 2.24) is 4.98 Å². The highest BCUT2D eigenvalue weighted by Crippen LogP contribution is 2.21. The molecular formula is C12H13ClN2S. The number of anilines is 2. The van der Waals surface area contributed by atoms with E-state index in [1.165, 1.54) is 0 Å². The molecule has 0 saturated carbocycles. The fourth-order valence-corrected chi connectivity index (χ4v) is 2.32. The van der Waals surface area contributed by atoms with Crippen LogP contribution in [0.4, 0.5) is 10.8 Å². The Morgan fingerprint density at radius 2 is 2.06 bits per heavy atom. The van der Waals surface area contributed by atoms with Crippen molar-refractivity contribution in [3.8, 4) is 0 Å². The molecule has 1 heterocycles. The number of benzene rings is 1. The topological polar surface area (TPSA) is 24.9 Å². The first-order chi connectivity index (χ1) is 7.81. The summed E-state index contributed by atoms with van der Waals surface area (Å²) in [7, 11) is 0. The molecule has 0 aliphatic heterocycles. The molecule has 0 bridgehead atoms. The molecule has 0 aliphatic rings. The minimum Gasteiger partial charge on any atom is -0.332 e. The van der Waals surface area contributed by atoms with Crippen LogP contribution in [0.25, 0.3) is 0 Å². The Morgan fingerprint density at radius 1 is 1.31 bits per heavy atom. The van der Waals surface area contributed by atoms with Gasteiger partial charge in [0.25, 0.3) is 0 Å². The molecule has 0 radical (unpaired) electrons. The smallest absolute Gasteiger partial charge is 0.187 e. The van der Waals surface area contributed by atoms with Gasteiger partial charge in [0, 0.05) is 16.9 Å². The van der Waals surface area contributed by atoms with Crippen LogP contribution >= 0.6 is 22.9 Å². The second kappa shape index (κ2) is 5.32. The summed E-state index contributed by atoms with van der Waals surface area (Å²) in [5.41, 5.74) is 3.30. The van der Waals surface area contributed by atoms with Crippen molar-refractivity contribution in [1.29, 1.82) is 0 Å². The summed E-state index contributed by atoms with van der Waals surface area (Å²) in [5, 5.41) is 6.29. The molecule has 16 heavy (non-hydrogen) atoms. The average Bonchev–Trinajstić information content (AvgIpc) is 2.78. The van der Waals surface area contributed by atoms with Crippen LogP contribution in [0, 0.1) is 0 Å². The molecule has 0 fully saturated rings. The number of nitrogens with one attached hydrogen (secondary N) is 1. The lowest BCUT2D eigenvalue weighted by Gasteiger charge is -2.02. The van der Waals surface area contributed by atoms with Crippen LogP contribution in [0.5, 0.6) is 0 Å². The Hall–Kier alpha value is -1.06. The number of aromatic nitrogens is 1. The lowest BCUT2D eigenvalue weighted by Crippen LogP contribution is -1.90. The maximum atomic E-state index is 5.73. The van der Waals surface area contributed by atoms with E-state index in [0.29, 0.717) is 5.88 Å².